The van der Waals surface area contributed by atoms with Crippen LogP contribution in [-0.2, 0) is 15.8 Å². The molecule has 128 valence electrons. The summed E-state index contributed by atoms with van der Waals surface area (Å²) in [5.41, 5.74) is 1.93. The predicted molar refractivity (Wildman–Crippen MR) is 95.1 cm³/mol. The van der Waals surface area contributed by atoms with Crippen LogP contribution in [0.15, 0.2) is 47.4 Å². The van der Waals surface area contributed by atoms with Crippen molar-refractivity contribution in [2.24, 2.45) is 0 Å². The second kappa shape index (κ2) is 8.17. The normalized spacial score (nSPS) is 18.4. The van der Waals surface area contributed by atoms with Crippen LogP contribution in [0.25, 0.3) is 0 Å². The first-order valence-electron chi connectivity index (χ1n) is 7.30. The Labute approximate surface area is 148 Å². The number of anilines is 1. The molecule has 0 radical (unpaired) electrons. The SMILES string of the molecule is CCC1c2cc(Cl)cc(OC)c2S(=O)N1c1ccccc1.O=CO. The van der Waals surface area contributed by atoms with E-state index in [0.717, 1.165) is 22.6 Å². The number of fused-ring (bicyclic) bond motifs is 1. The monoisotopic (exact) mass is 367 g/mol. The van der Waals surface area contributed by atoms with Gasteiger partial charge in [0.25, 0.3) is 6.47 Å². The fourth-order valence-electron chi connectivity index (χ4n) is 2.75. The summed E-state index contributed by atoms with van der Waals surface area (Å²) in [7, 11) is 0.292. The van der Waals surface area contributed by atoms with E-state index in [2.05, 4.69) is 6.92 Å². The second-order valence-corrected chi connectivity index (χ2v) is 6.70. The van der Waals surface area contributed by atoms with E-state index in [-0.39, 0.29) is 12.5 Å². The highest BCUT2D eigenvalue weighted by atomic mass is 35.5. The maximum absolute atomic E-state index is 13.0. The highest BCUT2D eigenvalue weighted by molar-refractivity contribution is 7.87. The molecule has 0 saturated carbocycles. The standard InChI is InChI=1S/C16H16ClNO2S.CH2O2/c1-3-14-13-9-11(17)10-15(20-2)16(13)21(19)18(14)12-7-5-4-6-8-12;2-1-3/h4-10,14H,3H2,1-2H3;1H,(H,2,3). The van der Waals surface area contributed by atoms with Crippen LogP contribution in [0.5, 0.6) is 5.75 Å². The Morgan fingerprint density at radius 2 is 1.96 bits per heavy atom. The number of hydrogen-bond donors (Lipinski definition) is 1. The van der Waals surface area contributed by atoms with Crippen molar-refractivity contribution in [1.29, 1.82) is 0 Å². The van der Waals surface area contributed by atoms with Gasteiger partial charge in [-0.2, -0.15) is 0 Å². The molecule has 0 aliphatic carbocycles. The summed E-state index contributed by atoms with van der Waals surface area (Å²) in [5.74, 6) is 0.590. The van der Waals surface area contributed by atoms with Crippen LogP contribution in [0.4, 0.5) is 5.69 Å². The Hall–Kier alpha value is -2.05. The van der Waals surface area contributed by atoms with Gasteiger partial charge in [0.05, 0.1) is 18.8 Å². The van der Waals surface area contributed by atoms with Crippen LogP contribution in [-0.4, -0.2) is 22.9 Å². The molecule has 1 N–H and O–H groups in total. The van der Waals surface area contributed by atoms with Gasteiger partial charge in [-0.1, -0.05) is 36.7 Å². The number of carbonyl (C=O) groups is 1. The first-order valence-corrected chi connectivity index (χ1v) is 8.78. The summed E-state index contributed by atoms with van der Waals surface area (Å²) in [6.45, 7) is 1.83. The maximum Gasteiger partial charge on any atom is 0.290 e. The number of nitrogens with zero attached hydrogens (tertiary/aromatic N) is 1. The van der Waals surface area contributed by atoms with Crippen LogP contribution < -0.4 is 9.04 Å². The minimum atomic E-state index is -1.29. The molecule has 5 nitrogen and oxygen atoms in total. The summed E-state index contributed by atoms with van der Waals surface area (Å²) in [6.07, 6.45) is 0.844. The van der Waals surface area contributed by atoms with Crippen LogP contribution >= 0.6 is 11.6 Å². The predicted octanol–water partition coefficient (Wildman–Crippen LogP) is 4.04. The number of methoxy groups -OCH3 is 1. The number of carboxylic acid groups (broad SMARTS) is 1. The third kappa shape index (κ3) is 3.39. The summed E-state index contributed by atoms with van der Waals surface area (Å²) in [6, 6.07) is 13.5. The summed E-state index contributed by atoms with van der Waals surface area (Å²) in [5, 5.41) is 7.50. The largest absolute Gasteiger partial charge is 0.495 e. The zero-order valence-corrected chi connectivity index (χ0v) is 14.9. The minimum Gasteiger partial charge on any atom is -0.495 e. The molecule has 3 rings (SSSR count). The Morgan fingerprint density at radius 3 is 2.50 bits per heavy atom. The molecule has 0 fully saturated rings. The van der Waals surface area contributed by atoms with Crippen molar-refractivity contribution < 1.29 is 18.8 Å². The lowest BCUT2D eigenvalue weighted by Crippen LogP contribution is -2.23. The van der Waals surface area contributed by atoms with Crippen molar-refractivity contribution in [1.82, 2.24) is 0 Å². The molecule has 7 heteroatoms. The van der Waals surface area contributed by atoms with Crippen LogP contribution in [0.2, 0.25) is 5.02 Å². The quantitative estimate of drug-likeness (QED) is 0.831. The first-order chi connectivity index (χ1) is 11.6. The molecule has 0 amide bonds. The van der Waals surface area contributed by atoms with Gasteiger partial charge >= 0.3 is 0 Å². The minimum absolute atomic E-state index is 0.0378. The molecular weight excluding hydrogens is 350 g/mol. The van der Waals surface area contributed by atoms with Crippen molar-refractivity contribution in [3.05, 3.63) is 53.1 Å². The average Bonchev–Trinajstić information content (AvgIpc) is 2.87. The van der Waals surface area contributed by atoms with Crippen molar-refractivity contribution >= 4 is 34.7 Å². The van der Waals surface area contributed by atoms with Crippen molar-refractivity contribution in [3.8, 4) is 5.75 Å². The van der Waals surface area contributed by atoms with Gasteiger partial charge in [0.1, 0.15) is 10.6 Å². The molecular formula is C17H18ClNO4S. The van der Waals surface area contributed by atoms with E-state index in [9.17, 15) is 4.21 Å². The molecule has 1 heterocycles. The zero-order chi connectivity index (χ0) is 17.7. The smallest absolute Gasteiger partial charge is 0.290 e. The molecule has 2 unspecified atom stereocenters. The van der Waals surface area contributed by atoms with Gasteiger partial charge in [-0.3, -0.25) is 9.10 Å². The van der Waals surface area contributed by atoms with E-state index < -0.39 is 11.0 Å². The Bertz CT molecular complexity index is 739. The Morgan fingerprint density at radius 1 is 1.33 bits per heavy atom. The number of hydrogen-bond acceptors (Lipinski definition) is 3. The molecule has 24 heavy (non-hydrogen) atoms. The van der Waals surface area contributed by atoms with Crippen LogP contribution in [0, 0.1) is 0 Å². The molecule has 0 saturated heterocycles. The maximum atomic E-state index is 13.0. The highest BCUT2D eigenvalue weighted by Gasteiger charge is 2.38. The van der Waals surface area contributed by atoms with Gasteiger partial charge in [-0.25, -0.2) is 4.21 Å². The molecule has 0 aromatic heterocycles. The molecule has 0 bridgehead atoms. The van der Waals surface area contributed by atoms with Gasteiger partial charge in [0.2, 0.25) is 0 Å². The highest BCUT2D eigenvalue weighted by Crippen LogP contribution is 2.46. The van der Waals surface area contributed by atoms with Crippen LogP contribution in [0.1, 0.15) is 24.9 Å². The molecule has 2 aromatic carbocycles. The summed E-state index contributed by atoms with van der Waals surface area (Å²) in [4.78, 5) is 9.10. The van der Waals surface area contributed by atoms with Gasteiger partial charge in [-0.05, 0) is 30.2 Å². The Balaban J connectivity index is 0.000000647. The van der Waals surface area contributed by atoms with Crippen molar-refractivity contribution in [2.75, 3.05) is 11.4 Å². The van der Waals surface area contributed by atoms with E-state index >= 15 is 0 Å². The van der Waals surface area contributed by atoms with Crippen molar-refractivity contribution in [2.45, 2.75) is 24.3 Å². The Kier molecular flexibility index (Phi) is 6.23. The summed E-state index contributed by atoms with van der Waals surface area (Å²) < 4.78 is 20.3. The number of rotatable bonds is 3. The third-order valence-electron chi connectivity index (χ3n) is 3.66. The lowest BCUT2D eigenvalue weighted by atomic mass is 10.0. The number of halogens is 1. The molecule has 1 aliphatic heterocycles. The topological polar surface area (TPSA) is 66.8 Å². The molecule has 2 atom stereocenters. The van der Waals surface area contributed by atoms with E-state index in [1.54, 1.807) is 13.2 Å². The molecule has 0 spiro atoms. The van der Waals surface area contributed by atoms with Gasteiger partial charge in [-0.15, -0.1) is 0 Å². The van der Waals surface area contributed by atoms with Gasteiger partial charge in [0, 0.05) is 11.1 Å². The average molecular weight is 368 g/mol. The lowest BCUT2D eigenvalue weighted by Gasteiger charge is -2.24. The van der Waals surface area contributed by atoms with E-state index in [0.29, 0.717) is 10.8 Å². The van der Waals surface area contributed by atoms with Crippen LogP contribution in [0.3, 0.4) is 0 Å². The first kappa shape index (κ1) is 18.3. The fourth-order valence-corrected chi connectivity index (χ4v) is 4.68. The fraction of sp³-hybridized carbons (Fsp3) is 0.235. The zero-order valence-electron chi connectivity index (χ0n) is 13.3. The van der Waals surface area contributed by atoms with Gasteiger partial charge < -0.3 is 9.84 Å². The van der Waals surface area contributed by atoms with E-state index in [1.807, 2.05) is 40.7 Å². The number of para-hydroxylation sites is 1. The van der Waals surface area contributed by atoms with Gasteiger partial charge in [0.15, 0.2) is 11.0 Å². The number of benzene rings is 2. The second-order valence-electron chi connectivity index (χ2n) is 4.97. The summed E-state index contributed by atoms with van der Waals surface area (Å²) >= 11 is 6.17. The van der Waals surface area contributed by atoms with E-state index in [1.165, 1.54) is 0 Å². The van der Waals surface area contributed by atoms with E-state index in [4.69, 9.17) is 26.2 Å². The lowest BCUT2D eigenvalue weighted by molar-refractivity contribution is -0.122. The van der Waals surface area contributed by atoms with Crippen molar-refractivity contribution in [3.63, 3.8) is 0 Å². The number of ether oxygens (including phenoxy) is 1. The molecule has 2 aromatic rings. The third-order valence-corrected chi connectivity index (χ3v) is 5.49. The molecule has 1 aliphatic rings.